The number of nitro groups is 1. The monoisotopic (exact) mass is 267 g/mol. The van der Waals surface area contributed by atoms with Crippen molar-refractivity contribution in [1.82, 2.24) is 4.98 Å². The van der Waals surface area contributed by atoms with Crippen LogP contribution in [0.3, 0.4) is 0 Å². The fourth-order valence-electron chi connectivity index (χ4n) is 1.50. The number of anilines is 1. The van der Waals surface area contributed by atoms with E-state index in [9.17, 15) is 14.9 Å². The first-order valence-corrected chi connectivity index (χ1v) is 5.03. The van der Waals surface area contributed by atoms with Crippen LogP contribution in [0.15, 0.2) is 16.5 Å². The van der Waals surface area contributed by atoms with Crippen LogP contribution in [0, 0.1) is 10.1 Å². The van der Waals surface area contributed by atoms with E-state index in [0.29, 0.717) is 0 Å². The maximum absolute atomic E-state index is 11.0. The number of nitrogens with zero attached hydrogens (tertiary/aromatic N) is 2. The van der Waals surface area contributed by atoms with Gasteiger partial charge in [0.15, 0.2) is 11.1 Å². The molecule has 9 nitrogen and oxygen atoms in total. The molecule has 19 heavy (non-hydrogen) atoms. The van der Waals surface area contributed by atoms with Crippen molar-refractivity contribution in [3.8, 4) is 5.75 Å². The van der Waals surface area contributed by atoms with E-state index in [1.807, 2.05) is 0 Å². The highest BCUT2D eigenvalue weighted by Crippen LogP contribution is 2.35. The summed E-state index contributed by atoms with van der Waals surface area (Å²) in [5.74, 6) is -0.0378. The Kier molecular flexibility index (Phi) is 3.19. The number of fused-ring (bicyclic) bond motifs is 1. The van der Waals surface area contributed by atoms with Crippen LogP contribution < -0.4 is 10.1 Å². The van der Waals surface area contributed by atoms with Gasteiger partial charge in [-0.05, 0) is 6.07 Å². The third-order valence-corrected chi connectivity index (χ3v) is 2.29. The number of aromatic nitrogens is 1. The number of carbonyl (C=O) groups excluding carboxylic acids is 1. The van der Waals surface area contributed by atoms with Gasteiger partial charge in [0.25, 0.3) is 0 Å². The number of rotatable bonds is 3. The number of hydrogen-bond acceptors (Lipinski definition) is 7. The molecule has 1 heterocycles. The van der Waals surface area contributed by atoms with Crippen molar-refractivity contribution < 1.29 is 23.6 Å². The highest BCUT2D eigenvalue weighted by Gasteiger charge is 2.22. The molecule has 2 rings (SSSR count). The molecule has 0 saturated carbocycles. The highest BCUT2D eigenvalue weighted by atomic mass is 16.6. The third-order valence-electron chi connectivity index (χ3n) is 2.29. The number of oxazole rings is 1. The number of ether oxygens (including phenoxy) is 2. The summed E-state index contributed by atoms with van der Waals surface area (Å²) in [6.45, 7) is 0. The Morgan fingerprint density at radius 3 is 2.79 bits per heavy atom. The summed E-state index contributed by atoms with van der Waals surface area (Å²) >= 11 is 0. The van der Waals surface area contributed by atoms with Gasteiger partial charge in [-0.15, -0.1) is 0 Å². The Labute approximate surface area is 106 Å². The number of carbonyl (C=O) groups is 1. The number of nitrogens with one attached hydrogen (secondary N) is 1. The zero-order valence-corrected chi connectivity index (χ0v) is 10.00. The molecule has 1 amide bonds. The topological polar surface area (TPSA) is 117 Å². The van der Waals surface area contributed by atoms with Crippen LogP contribution >= 0.6 is 0 Å². The molecule has 0 saturated heterocycles. The maximum Gasteiger partial charge on any atom is 0.414 e. The lowest BCUT2D eigenvalue weighted by Gasteiger charge is -2.00. The second-order valence-electron chi connectivity index (χ2n) is 3.36. The number of nitro benzene ring substituents is 1. The molecule has 0 aliphatic heterocycles. The fraction of sp³-hybridized carbons (Fsp3) is 0.200. The van der Waals surface area contributed by atoms with E-state index in [4.69, 9.17) is 9.15 Å². The molecule has 0 aliphatic carbocycles. The lowest BCUT2D eigenvalue weighted by molar-refractivity contribution is -0.385. The van der Waals surface area contributed by atoms with E-state index in [2.05, 4.69) is 15.0 Å². The van der Waals surface area contributed by atoms with Crippen molar-refractivity contribution in [2.75, 3.05) is 19.5 Å². The van der Waals surface area contributed by atoms with Crippen molar-refractivity contribution in [3.05, 3.63) is 22.2 Å². The van der Waals surface area contributed by atoms with Gasteiger partial charge in [0.1, 0.15) is 0 Å². The lowest BCUT2D eigenvalue weighted by Crippen LogP contribution is -2.10. The quantitative estimate of drug-likeness (QED) is 0.666. The van der Waals surface area contributed by atoms with Crippen LogP contribution in [-0.4, -0.2) is 30.2 Å². The molecular weight excluding hydrogens is 258 g/mol. The Morgan fingerprint density at radius 2 is 2.21 bits per heavy atom. The molecule has 0 aliphatic rings. The summed E-state index contributed by atoms with van der Waals surface area (Å²) in [6.07, 6.45) is -0.764. The molecule has 1 aromatic carbocycles. The fourth-order valence-corrected chi connectivity index (χ4v) is 1.50. The average molecular weight is 267 g/mol. The largest absolute Gasteiger partial charge is 0.489 e. The molecule has 2 aromatic rings. The zero-order chi connectivity index (χ0) is 14.0. The van der Waals surface area contributed by atoms with Crippen LogP contribution in [-0.2, 0) is 4.74 Å². The predicted octanol–water partition coefficient (Wildman–Crippen LogP) is 1.92. The summed E-state index contributed by atoms with van der Waals surface area (Å²) in [5.41, 5.74) is 0.143. The SMILES string of the molecule is COC(=O)Nc1nc2c(OC)c([N+](=O)[O-])ccc2o1. The molecular formula is C10H9N3O6. The van der Waals surface area contributed by atoms with E-state index in [0.717, 1.165) is 0 Å². The Balaban J connectivity index is 2.53. The Bertz CT molecular complexity index is 650. The van der Waals surface area contributed by atoms with E-state index >= 15 is 0 Å². The minimum absolute atomic E-state index is 0.0378. The molecule has 0 radical (unpaired) electrons. The third kappa shape index (κ3) is 2.25. The zero-order valence-electron chi connectivity index (χ0n) is 10.00. The predicted molar refractivity (Wildman–Crippen MR) is 63.2 cm³/mol. The van der Waals surface area contributed by atoms with Gasteiger partial charge in [-0.25, -0.2) is 10.1 Å². The minimum atomic E-state index is -0.764. The molecule has 0 spiro atoms. The highest BCUT2D eigenvalue weighted by molar-refractivity contribution is 5.88. The first kappa shape index (κ1) is 12.6. The molecule has 9 heteroatoms. The number of methoxy groups -OCH3 is 2. The van der Waals surface area contributed by atoms with Crippen molar-refractivity contribution in [3.63, 3.8) is 0 Å². The standard InChI is InChI=1S/C10H9N3O6/c1-17-8-5(13(15)16)3-4-6-7(8)11-9(19-6)12-10(14)18-2/h3-4H,1-2H3,(H,11,12,14). The van der Waals surface area contributed by atoms with Crippen molar-refractivity contribution in [2.24, 2.45) is 0 Å². The van der Waals surface area contributed by atoms with Gasteiger partial charge < -0.3 is 13.9 Å². The average Bonchev–Trinajstić information content (AvgIpc) is 2.79. The Morgan fingerprint density at radius 1 is 1.47 bits per heavy atom. The van der Waals surface area contributed by atoms with E-state index in [1.54, 1.807) is 0 Å². The maximum atomic E-state index is 11.0. The summed E-state index contributed by atoms with van der Waals surface area (Å²) in [7, 11) is 2.47. The number of amides is 1. The molecule has 0 bridgehead atoms. The van der Waals surface area contributed by atoms with Crippen LogP contribution in [0.4, 0.5) is 16.5 Å². The summed E-state index contributed by atoms with van der Waals surface area (Å²) < 4.78 is 14.5. The van der Waals surface area contributed by atoms with Crippen LogP contribution in [0.25, 0.3) is 11.1 Å². The molecule has 0 atom stereocenters. The second kappa shape index (κ2) is 4.80. The molecule has 0 unspecified atom stereocenters. The van der Waals surface area contributed by atoms with Gasteiger partial charge in [0, 0.05) is 6.07 Å². The smallest absolute Gasteiger partial charge is 0.414 e. The van der Waals surface area contributed by atoms with Gasteiger partial charge in [-0.2, -0.15) is 4.98 Å². The molecule has 0 fully saturated rings. The van der Waals surface area contributed by atoms with Gasteiger partial charge in [-0.1, -0.05) is 0 Å². The van der Waals surface area contributed by atoms with Crippen molar-refractivity contribution >= 4 is 28.9 Å². The second-order valence-corrected chi connectivity index (χ2v) is 3.36. The lowest BCUT2D eigenvalue weighted by atomic mass is 10.2. The molecule has 1 aromatic heterocycles. The molecule has 100 valence electrons. The first-order chi connectivity index (χ1) is 9.06. The number of hydrogen-bond donors (Lipinski definition) is 1. The first-order valence-electron chi connectivity index (χ1n) is 5.03. The van der Waals surface area contributed by atoms with E-state index in [1.165, 1.54) is 26.4 Å². The van der Waals surface area contributed by atoms with Gasteiger partial charge in [0.2, 0.25) is 5.75 Å². The minimum Gasteiger partial charge on any atom is -0.489 e. The van der Waals surface area contributed by atoms with Crippen LogP contribution in [0.2, 0.25) is 0 Å². The van der Waals surface area contributed by atoms with Crippen LogP contribution in [0.5, 0.6) is 5.75 Å². The van der Waals surface area contributed by atoms with Gasteiger partial charge in [-0.3, -0.25) is 10.1 Å². The summed E-state index contributed by atoms with van der Waals surface area (Å²) in [5, 5.41) is 13.0. The molecule has 1 N–H and O–H groups in total. The van der Waals surface area contributed by atoms with E-state index < -0.39 is 11.0 Å². The van der Waals surface area contributed by atoms with Crippen molar-refractivity contribution in [1.29, 1.82) is 0 Å². The van der Waals surface area contributed by atoms with Gasteiger partial charge in [0.05, 0.1) is 19.1 Å². The van der Waals surface area contributed by atoms with E-state index in [-0.39, 0.29) is 28.6 Å². The van der Waals surface area contributed by atoms with Crippen LogP contribution in [0.1, 0.15) is 0 Å². The van der Waals surface area contributed by atoms with Crippen molar-refractivity contribution in [2.45, 2.75) is 0 Å². The summed E-state index contributed by atoms with van der Waals surface area (Å²) in [6, 6.07) is 2.46. The van der Waals surface area contributed by atoms with Gasteiger partial charge >= 0.3 is 17.8 Å². The Hall–Kier alpha value is -2.84. The normalized spacial score (nSPS) is 10.2. The summed E-state index contributed by atoms with van der Waals surface area (Å²) in [4.78, 5) is 25.2. The number of benzene rings is 1.